The molecule has 0 aliphatic carbocycles. The molecular weight excluding hydrogens is 635 g/mol. The van der Waals surface area contributed by atoms with E-state index < -0.39 is 20.0 Å². The SMILES string of the molecule is CCCCCC/C=C/CC/C=C/C(O)C(COP(=O)([O-])OCC[N+](C)(C)C)NC(=O)CCCCCCCCCCCCCCCCCCC. The smallest absolute Gasteiger partial charge is 0.268 e. The van der Waals surface area contributed by atoms with Crippen molar-refractivity contribution >= 4 is 13.7 Å². The van der Waals surface area contributed by atoms with Gasteiger partial charge in [0, 0.05) is 6.42 Å². The highest BCUT2D eigenvalue weighted by molar-refractivity contribution is 7.45. The van der Waals surface area contributed by atoms with Gasteiger partial charge < -0.3 is 28.8 Å². The Hall–Kier alpha value is -1.02. The van der Waals surface area contributed by atoms with E-state index in [-0.39, 0.29) is 19.1 Å². The maximum absolute atomic E-state index is 12.8. The predicted octanol–water partition coefficient (Wildman–Crippen LogP) is 9.94. The fourth-order valence-corrected chi connectivity index (χ4v) is 6.36. The summed E-state index contributed by atoms with van der Waals surface area (Å²) in [6, 6.07) is -0.895. The Morgan fingerprint density at radius 3 is 1.65 bits per heavy atom. The minimum absolute atomic E-state index is 0.00477. The van der Waals surface area contributed by atoms with Gasteiger partial charge in [0.1, 0.15) is 13.2 Å². The second kappa shape index (κ2) is 32.9. The molecule has 8 nitrogen and oxygen atoms in total. The summed E-state index contributed by atoms with van der Waals surface area (Å²) in [5.74, 6) is -0.209. The third-order valence-corrected chi connectivity index (χ3v) is 9.88. The number of amides is 1. The van der Waals surface area contributed by atoms with Crippen molar-refractivity contribution in [3.63, 3.8) is 0 Å². The van der Waals surface area contributed by atoms with Crippen molar-refractivity contribution in [3.8, 4) is 0 Å². The van der Waals surface area contributed by atoms with Crippen LogP contribution in [0.1, 0.15) is 174 Å². The lowest BCUT2D eigenvalue weighted by Crippen LogP contribution is -2.45. The van der Waals surface area contributed by atoms with E-state index in [0.717, 1.165) is 38.5 Å². The average molecular weight is 715 g/mol. The Morgan fingerprint density at radius 1 is 0.694 bits per heavy atom. The van der Waals surface area contributed by atoms with E-state index in [1.54, 1.807) is 6.08 Å². The maximum Gasteiger partial charge on any atom is 0.268 e. The van der Waals surface area contributed by atoms with Gasteiger partial charge >= 0.3 is 0 Å². The van der Waals surface area contributed by atoms with Crippen LogP contribution >= 0.6 is 7.82 Å². The fraction of sp³-hybridized carbons (Fsp3) is 0.875. The molecular formula is C40H79N2O6P. The molecule has 49 heavy (non-hydrogen) atoms. The number of allylic oxidation sites excluding steroid dienone is 3. The summed E-state index contributed by atoms with van der Waals surface area (Å²) >= 11 is 0. The van der Waals surface area contributed by atoms with E-state index in [1.165, 1.54) is 116 Å². The van der Waals surface area contributed by atoms with Crippen molar-refractivity contribution < 1.29 is 32.9 Å². The summed E-state index contributed by atoms with van der Waals surface area (Å²) in [5, 5.41) is 13.7. The molecule has 0 aromatic rings. The zero-order valence-corrected chi connectivity index (χ0v) is 33.5. The molecule has 3 atom stereocenters. The maximum atomic E-state index is 12.8. The van der Waals surface area contributed by atoms with Gasteiger partial charge in [0.15, 0.2) is 0 Å². The van der Waals surface area contributed by atoms with Crippen molar-refractivity contribution in [3.05, 3.63) is 24.3 Å². The monoisotopic (exact) mass is 715 g/mol. The highest BCUT2D eigenvalue weighted by atomic mass is 31.2. The van der Waals surface area contributed by atoms with Gasteiger partial charge in [0.05, 0.1) is 39.9 Å². The van der Waals surface area contributed by atoms with Gasteiger partial charge in [-0.3, -0.25) is 9.36 Å². The molecule has 0 rings (SSSR count). The van der Waals surface area contributed by atoms with Gasteiger partial charge in [-0.2, -0.15) is 0 Å². The number of quaternary nitrogens is 1. The Labute approximate surface area is 303 Å². The summed E-state index contributed by atoms with van der Waals surface area (Å²) in [6.07, 6.45) is 36.5. The molecule has 0 radical (unpaired) electrons. The van der Waals surface area contributed by atoms with Crippen LogP contribution in [0.4, 0.5) is 0 Å². The standard InChI is InChI=1S/C40H79N2O6P/c1-6-8-10-12-14-16-18-19-20-21-22-23-24-26-28-30-32-34-40(44)41-38(37-48-49(45,46)47-36-35-42(3,4)5)39(43)33-31-29-27-25-17-15-13-11-9-7-2/h17,25,31,33,38-39,43H,6-16,18-24,26-30,32,34-37H2,1-5H3,(H-,41,44,45,46)/b25-17+,33-31+. The van der Waals surface area contributed by atoms with E-state index >= 15 is 0 Å². The summed E-state index contributed by atoms with van der Waals surface area (Å²) in [6.45, 7) is 4.58. The molecule has 0 saturated carbocycles. The zero-order valence-electron chi connectivity index (χ0n) is 32.6. The second-order valence-electron chi connectivity index (χ2n) is 15.0. The number of aliphatic hydroxyl groups is 1. The lowest BCUT2D eigenvalue weighted by molar-refractivity contribution is -0.870. The Bertz CT molecular complexity index is 860. The van der Waals surface area contributed by atoms with Crippen molar-refractivity contribution in [2.24, 2.45) is 0 Å². The van der Waals surface area contributed by atoms with Gasteiger partial charge in [0.25, 0.3) is 7.82 Å². The lowest BCUT2D eigenvalue weighted by atomic mass is 10.0. The summed E-state index contributed by atoms with van der Waals surface area (Å²) in [4.78, 5) is 25.2. The number of likely N-dealkylation sites (N-methyl/N-ethyl adjacent to an activating group) is 1. The number of aliphatic hydroxyl groups excluding tert-OH is 1. The number of unbranched alkanes of at least 4 members (excludes halogenated alkanes) is 21. The van der Waals surface area contributed by atoms with Crippen LogP contribution in [0.15, 0.2) is 24.3 Å². The first kappa shape index (κ1) is 48.0. The van der Waals surface area contributed by atoms with Crippen LogP contribution in [0.5, 0.6) is 0 Å². The minimum Gasteiger partial charge on any atom is -0.756 e. The molecule has 0 aliphatic heterocycles. The molecule has 2 N–H and O–H groups in total. The largest absolute Gasteiger partial charge is 0.756 e. The van der Waals surface area contributed by atoms with E-state index in [9.17, 15) is 19.4 Å². The van der Waals surface area contributed by atoms with Crippen LogP contribution in [0.25, 0.3) is 0 Å². The third kappa shape index (κ3) is 35.2. The first-order chi connectivity index (χ1) is 23.5. The number of hydrogen-bond acceptors (Lipinski definition) is 6. The average Bonchev–Trinajstić information content (AvgIpc) is 3.04. The van der Waals surface area contributed by atoms with Gasteiger partial charge in [-0.1, -0.05) is 160 Å². The number of phosphoric acid groups is 1. The van der Waals surface area contributed by atoms with Crippen LogP contribution in [-0.4, -0.2) is 68.5 Å². The van der Waals surface area contributed by atoms with Crippen molar-refractivity contribution in [2.45, 2.75) is 187 Å². The van der Waals surface area contributed by atoms with Crippen molar-refractivity contribution in [1.29, 1.82) is 0 Å². The molecule has 3 unspecified atom stereocenters. The normalized spacial score (nSPS) is 14.8. The molecule has 0 fully saturated rings. The summed E-state index contributed by atoms with van der Waals surface area (Å²) in [5.41, 5.74) is 0. The van der Waals surface area contributed by atoms with Gasteiger partial charge in [-0.25, -0.2) is 0 Å². The molecule has 290 valence electrons. The highest BCUT2D eigenvalue weighted by Gasteiger charge is 2.23. The van der Waals surface area contributed by atoms with Crippen LogP contribution in [0, 0.1) is 0 Å². The van der Waals surface area contributed by atoms with Gasteiger partial charge in [-0.05, 0) is 32.1 Å². The molecule has 0 saturated heterocycles. The minimum atomic E-state index is -4.58. The molecule has 0 spiro atoms. The van der Waals surface area contributed by atoms with Crippen molar-refractivity contribution in [2.75, 3.05) is 40.9 Å². The molecule has 0 aliphatic rings. The van der Waals surface area contributed by atoms with E-state index in [1.807, 2.05) is 27.2 Å². The third-order valence-electron chi connectivity index (χ3n) is 8.91. The number of nitrogens with zero attached hydrogens (tertiary/aromatic N) is 1. The van der Waals surface area contributed by atoms with Crippen molar-refractivity contribution in [1.82, 2.24) is 5.32 Å². The van der Waals surface area contributed by atoms with E-state index in [4.69, 9.17) is 9.05 Å². The fourth-order valence-electron chi connectivity index (χ4n) is 5.64. The van der Waals surface area contributed by atoms with E-state index in [2.05, 4.69) is 31.3 Å². The molecule has 9 heteroatoms. The molecule has 0 aromatic heterocycles. The zero-order chi connectivity index (χ0) is 36.5. The van der Waals surface area contributed by atoms with Crippen LogP contribution in [0.2, 0.25) is 0 Å². The van der Waals surface area contributed by atoms with Gasteiger partial charge in [-0.15, -0.1) is 0 Å². The quantitative estimate of drug-likeness (QED) is 0.0290. The first-order valence-corrected chi connectivity index (χ1v) is 21.7. The predicted molar refractivity (Wildman–Crippen MR) is 205 cm³/mol. The number of rotatable bonds is 36. The highest BCUT2D eigenvalue weighted by Crippen LogP contribution is 2.38. The second-order valence-corrected chi connectivity index (χ2v) is 16.4. The first-order valence-electron chi connectivity index (χ1n) is 20.2. The van der Waals surface area contributed by atoms with Crippen LogP contribution in [0.3, 0.4) is 0 Å². The summed E-state index contributed by atoms with van der Waals surface area (Å²) in [7, 11) is 1.24. The Kier molecular flexibility index (Phi) is 32.2. The molecule has 0 heterocycles. The Morgan fingerprint density at radius 2 is 1.14 bits per heavy atom. The topological polar surface area (TPSA) is 108 Å². The Balaban J connectivity index is 4.42. The molecule has 1 amide bonds. The summed E-state index contributed by atoms with van der Waals surface area (Å²) < 4.78 is 23.1. The number of phosphoric ester groups is 1. The van der Waals surface area contributed by atoms with Crippen LogP contribution < -0.4 is 10.2 Å². The number of nitrogens with one attached hydrogen (secondary N) is 1. The number of carbonyl (C=O) groups is 1. The van der Waals surface area contributed by atoms with E-state index in [0.29, 0.717) is 17.4 Å². The molecule has 0 bridgehead atoms. The van der Waals surface area contributed by atoms with Gasteiger partial charge in [0.2, 0.25) is 5.91 Å². The van der Waals surface area contributed by atoms with Crippen LogP contribution in [-0.2, 0) is 18.4 Å². The molecule has 0 aromatic carbocycles. The number of hydrogen-bond donors (Lipinski definition) is 2. The lowest BCUT2D eigenvalue weighted by Gasteiger charge is -2.29. The number of carbonyl (C=O) groups excluding carboxylic acids is 1.